The van der Waals surface area contributed by atoms with Crippen molar-refractivity contribution in [3.8, 4) is 0 Å². The highest BCUT2D eigenvalue weighted by atomic mass is 16.6. The zero-order chi connectivity index (χ0) is 49.2. The quantitative estimate of drug-likeness (QED) is 0.0351. The summed E-state index contributed by atoms with van der Waals surface area (Å²) in [6.45, 7) is 18.0. The molecule has 5 aliphatic rings. The summed E-state index contributed by atoms with van der Waals surface area (Å²) in [4.78, 5) is 25.8. The summed E-state index contributed by atoms with van der Waals surface area (Å²) >= 11 is 0. The molecule has 5 aliphatic carbocycles. The third kappa shape index (κ3) is 20.0. The van der Waals surface area contributed by atoms with Gasteiger partial charge in [0.25, 0.3) is 0 Å². The van der Waals surface area contributed by atoms with E-state index in [9.17, 15) is 9.59 Å². The summed E-state index contributed by atoms with van der Waals surface area (Å²) in [7, 11) is 0. The Kier molecular flexibility index (Phi) is 27.6. The van der Waals surface area contributed by atoms with E-state index in [1.54, 1.807) is 5.57 Å². The predicted octanol–water partition coefficient (Wildman–Crippen LogP) is 17.5. The molecule has 0 aliphatic heterocycles. The molecule has 0 spiro atoms. The minimum Gasteiger partial charge on any atom is -0.462 e. The van der Waals surface area contributed by atoms with Crippen LogP contribution in [0.3, 0.4) is 0 Å². The van der Waals surface area contributed by atoms with Crippen LogP contribution in [0.4, 0.5) is 0 Å². The van der Waals surface area contributed by atoms with Gasteiger partial charge in [-0.15, -0.1) is 0 Å². The van der Waals surface area contributed by atoms with Gasteiger partial charge in [-0.05, 0) is 142 Å². The van der Waals surface area contributed by atoms with E-state index in [4.69, 9.17) is 18.9 Å². The second kappa shape index (κ2) is 32.6. The van der Waals surface area contributed by atoms with Crippen LogP contribution < -0.4 is 0 Å². The Hall–Kier alpha value is -1.50. The van der Waals surface area contributed by atoms with Gasteiger partial charge in [0.1, 0.15) is 11.9 Å². The van der Waals surface area contributed by atoms with Crippen LogP contribution in [-0.4, -0.2) is 57.0 Å². The fourth-order valence-corrected chi connectivity index (χ4v) is 14.8. The fraction of sp³-hybridized carbons (Fsp3) is 0.905. The first kappa shape index (κ1) is 58.4. The van der Waals surface area contributed by atoms with E-state index in [0.29, 0.717) is 44.7 Å². The number of carbonyl (C=O) groups is 2. The molecule has 0 amide bonds. The van der Waals surface area contributed by atoms with Crippen molar-refractivity contribution in [1.29, 1.82) is 0 Å². The van der Waals surface area contributed by atoms with E-state index >= 15 is 0 Å². The molecule has 0 radical (unpaired) electrons. The molecule has 398 valence electrons. The monoisotopic (exact) mass is 963 g/mol. The normalized spacial score (nSPS) is 28.0. The molecule has 0 heterocycles. The van der Waals surface area contributed by atoms with Crippen LogP contribution >= 0.6 is 0 Å². The van der Waals surface area contributed by atoms with Gasteiger partial charge >= 0.3 is 5.97 Å². The Morgan fingerprint density at radius 2 is 1.39 bits per heavy atom. The standard InChI is InChI=1S/C63H110O6/c1-7-8-9-10-11-12-13-14-15-16-17-18-19-20-21-25-43-67-49-56(47-52-30-23-22-24-31-52)68-46-45-66-44-27-32-54(64)34-38-61(65)69-55-39-41-62(5)53(48-55)33-35-57-59-37-36-58(51(4)29-26-28-50(2)3)63(59,6)42-40-60(57)62/h11-12,33,50-52,55-60H,7-10,13-32,34-49H2,1-6H3. The second-order valence-electron chi connectivity index (χ2n) is 24.6. The Morgan fingerprint density at radius 3 is 2.13 bits per heavy atom. The Morgan fingerprint density at radius 1 is 0.681 bits per heavy atom. The van der Waals surface area contributed by atoms with Gasteiger partial charge in [0.05, 0.1) is 32.3 Å². The average Bonchev–Trinajstić information content (AvgIpc) is 3.70. The van der Waals surface area contributed by atoms with Crippen LogP contribution in [0.15, 0.2) is 23.8 Å². The lowest BCUT2D eigenvalue weighted by Crippen LogP contribution is -2.51. The summed E-state index contributed by atoms with van der Waals surface area (Å²) in [6, 6.07) is 0. The predicted molar refractivity (Wildman–Crippen MR) is 288 cm³/mol. The first-order valence-corrected chi connectivity index (χ1v) is 30.4. The largest absolute Gasteiger partial charge is 0.462 e. The summed E-state index contributed by atoms with van der Waals surface area (Å²) in [5, 5.41) is 0. The van der Waals surface area contributed by atoms with Crippen molar-refractivity contribution in [2.45, 2.75) is 278 Å². The number of ether oxygens (including phenoxy) is 4. The Bertz CT molecular complexity index is 1460. The van der Waals surface area contributed by atoms with Gasteiger partial charge in [-0.3, -0.25) is 9.59 Å². The molecule has 0 bridgehead atoms. The minimum atomic E-state index is -0.206. The van der Waals surface area contributed by atoms with Crippen molar-refractivity contribution in [3.63, 3.8) is 0 Å². The molecular weight excluding hydrogens is 853 g/mol. The molecule has 0 N–H and O–H groups in total. The van der Waals surface area contributed by atoms with Crippen LogP contribution in [0.1, 0.15) is 266 Å². The van der Waals surface area contributed by atoms with Crippen molar-refractivity contribution in [3.05, 3.63) is 23.8 Å². The van der Waals surface area contributed by atoms with Crippen molar-refractivity contribution < 1.29 is 28.5 Å². The highest BCUT2D eigenvalue weighted by molar-refractivity contribution is 5.82. The average molecular weight is 964 g/mol. The zero-order valence-electron chi connectivity index (χ0n) is 46.2. The van der Waals surface area contributed by atoms with Crippen LogP contribution in [-0.2, 0) is 28.5 Å². The smallest absolute Gasteiger partial charge is 0.306 e. The molecule has 4 saturated carbocycles. The number of esters is 1. The van der Waals surface area contributed by atoms with Gasteiger partial charge in [-0.2, -0.15) is 0 Å². The molecule has 0 aromatic rings. The molecule has 0 saturated heterocycles. The van der Waals surface area contributed by atoms with E-state index in [0.717, 1.165) is 80.1 Å². The third-order valence-corrected chi connectivity index (χ3v) is 18.9. The number of carbonyl (C=O) groups excluding carboxylic acids is 2. The molecule has 9 unspecified atom stereocenters. The lowest BCUT2D eigenvalue weighted by atomic mass is 9.47. The molecule has 9 atom stereocenters. The van der Waals surface area contributed by atoms with Crippen LogP contribution in [0.5, 0.6) is 0 Å². The van der Waals surface area contributed by atoms with E-state index < -0.39 is 0 Å². The molecule has 0 aromatic heterocycles. The number of unbranched alkanes of at least 4 members (excludes halogenated alkanes) is 12. The van der Waals surface area contributed by atoms with Gasteiger partial charge in [-0.1, -0.05) is 174 Å². The van der Waals surface area contributed by atoms with Gasteiger partial charge in [0.15, 0.2) is 0 Å². The molecule has 4 fully saturated rings. The lowest BCUT2D eigenvalue weighted by Gasteiger charge is -2.58. The number of rotatable bonds is 37. The third-order valence-electron chi connectivity index (χ3n) is 18.9. The van der Waals surface area contributed by atoms with E-state index in [1.165, 1.54) is 167 Å². The maximum absolute atomic E-state index is 13.0. The van der Waals surface area contributed by atoms with Crippen molar-refractivity contribution in [2.75, 3.05) is 33.0 Å². The number of hydrogen-bond donors (Lipinski definition) is 0. The summed E-state index contributed by atoms with van der Waals surface area (Å²) < 4.78 is 24.6. The van der Waals surface area contributed by atoms with Gasteiger partial charge in [-0.25, -0.2) is 0 Å². The van der Waals surface area contributed by atoms with Crippen molar-refractivity contribution in [1.82, 2.24) is 0 Å². The second-order valence-corrected chi connectivity index (χ2v) is 24.6. The van der Waals surface area contributed by atoms with E-state index in [1.807, 2.05) is 0 Å². The Labute approximate surface area is 426 Å². The van der Waals surface area contributed by atoms with Crippen LogP contribution in [0.2, 0.25) is 0 Å². The Balaban J connectivity index is 0.878. The zero-order valence-corrected chi connectivity index (χ0v) is 46.2. The molecule has 6 heteroatoms. The van der Waals surface area contributed by atoms with Crippen molar-refractivity contribution in [2.24, 2.45) is 52.3 Å². The number of allylic oxidation sites excluding steroid dienone is 3. The topological polar surface area (TPSA) is 71.1 Å². The minimum absolute atomic E-state index is 0.0494. The molecule has 69 heavy (non-hydrogen) atoms. The summed E-state index contributed by atoms with van der Waals surface area (Å²) in [5.41, 5.74) is 2.30. The molecule has 6 nitrogen and oxygen atoms in total. The highest BCUT2D eigenvalue weighted by Crippen LogP contribution is 2.67. The van der Waals surface area contributed by atoms with Crippen LogP contribution in [0, 0.1) is 52.3 Å². The number of fused-ring (bicyclic) bond motifs is 5. The SMILES string of the molecule is CCCCCC=CCCCCCCCCCCCOCC(CC1CCCCC1)OCCOCCCC(=O)CCC(=O)OC1CCC2(C)C(=CCC3C2CCC2(C)C(C(C)CCCC(C)C)CCC32)C1. The highest BCUT2D eigenvalue weighted by Gasteiger charge is 2.59. The number of hydrogen-bond acceptors (Lipinski definition) is 6. The molecule has 0 aromatic carbocycles. The van der Waals surface area contributed by atoms with E-state index in [2.05, 4.69) is 59.8 Å². The van der Waals surface area contributed by atoms with Crippen LogP contribution in [0.25, 0.3) is 0 Å². The first-order valence-electron chi connectivity index (χ1n) is 30.4. The number of ketones is 1. The fourth-order valence-electron chi connectivity index (χ4n) is 14.8. The maximum atomic E-state index is 13.0. The molecular formula is C63H110O6. The lowest BCUT2D eigenvalue weighted by molar-refractivity contribution is -0.152. The van der Waals surface area contributed by atoms with Gasteiger partial charge < -0.3 is 18.9 Å². The van der Waals surface area contributed by atoms with Crippen molar-refractivity contribution >= 4 is 11.8 Å². The van der Waals surface area contributed by atoms with E-state index in [-0.39, 0.29) is 42.2 Å². The molecule has 5 rings (SSSR count). The number of Topliss-reactive ketones (excluding diaryl/α,β-unsaturated/α-hetero) is 1. The maximum Gasteiger partial charge on any atom is 0.306 e. The first-order chi connectivity index (χ1) is 33.5. The summed E-state index contributed by atoms with van der Waals surface area (Å²) in [6.07, 6.45) is 49.2. The van der Waals surface area contributed by atoms with Gasteiger partial charge in [0.2, 0.25) is 0 Å². The van der Waals surface area contributed by atoms with Gasteiger partial charge in [0, 0.05) is 32.5 Å². The summed E-state index contributed by atoms with van der Waals surface area (Å²) in [5.74, 6) is 5.64.